The molecule has 1 saturated heterocycles. The molecule has 0 radical (unpaired) electrons. The molecule has 0 bridgehead atoms. The number of H-pyrrole nitrogens is 1. The minimum absolute atomic E-state index is 0.0443. The summed E-state index contributed by atoms with van der Waals surface area (Å²) in [5.74, 6) is -13.6. The molecule has 1 fully saturated rings. The third kappa shape index (κ3) is 22.2. The van der Waals surface area contributed by atoms with Crippen molar-refractivity contribution in [3.05, 3.63) is 36.0 Å². The Kier molecular flexibility index (Phi) is 28.8. The highest BCUT2D eigenvalue weighted by molar-refractivity contribution is 6.00. The van der Waals surface area contributed by atoms with Crippen molar-refractivity contribution in [3.63, 3.8) is 0 Å². The second-order valence-electron chi connectivity index (χ2n) is 22.3. The van der Waals surface area contributed by atoms with Crippen LogP contribution in [0.2, 0.25) is 0 Å². The third-order valence-corrected chi connectivity index (χ3v) is 14.8. The number of benzene rings is 1. The molecular weight excluding hydrogens is 1120 g/mol. The molecule has 2 aromatic rings. The van der Waals surface area contributed by atoms with Gasteiger partial charge >= 0.3 is 11.9 Å². The van der Waals surface area contributed by atoms with Crippen LogP contribution in [0.1, 0.15) is 125 Å². The Hall–Kier alpha value is -8.41. The van der Waals surface area contributed by atoms with Crippen molar-refractivity contribution < 1.29 is 72.9 Å². The molecule has 0 saturated carbocycles. The molecule has 0 unspecified atom stereocenters. The van der Waals surface area contributed by atoms with Gasteiger partial charge in [-0.05, 0) is 81.8 Å². The Morgan fingerprint density at radius 1 is 0.663 bits per heavy atom. The zero-order valence-electron chi connectivity index (χ0n) is 50.1. The maximum Gasteiger partial charge on any atom is 0.328 e. The van der Waals surface area contributed by atoms with Crippen molar-refractivity contribution in [2.45, 2.75) is 193 Å². The number of aromatic nitrogens is 1. The number of nitrogens with one attached hydrogen (secondary N) is 9. The maximum atomic E-state index is 14.6. The standard InChI is InChI=1S/C56H89N15O15/c1-9-28(5)43(53(83)70-45(31(8)72)55(85)86)68-48(78)35(17-13-21-61-56(59)60)63-47(77)36(19-20-42(74)75)64-49(79)37(23-27(3)4)65-51(81)39(25-41(58)73)66-50(80)38(24-32-26-62-34-16-12-11-15-33(32)34)67-52(82)40-18-14-22-71(40)54(84)44(29(6)10-2)69-46(76)30(7)57/h11-12,15-16,26-31,35-40,43-45,62,72H,9-10,13-14,17-25,57H2,1-8H3,(H2,58,73)(H,63,77)(H,64,79)(H,65,81)(H,66,80)(H,67,82)(H,68,78)(H,69,76)(H,70,83)(H,74,75)(H,85,86)(H4,59,60,61)/t28-,29-,30-,31+,35-,36-,37-,38-,39-,40-,43-,44-,45-/m0/s1. The average Bonchev–Trinajstić information content (AvgIpc) is 2.43. The van der Waals surface area contributed by atoms with Gasteiger partial charge in [0.2, 0.25) is 59.1 Å². The van der Waals surface area contributed by atoms with Crippen LogP contribution in [0.15, 0.2) is 35.5 Å². The quantitative estimate of drug-likeness (QED) is 0.0188. The number of fused-ring (bicyclic) bond motifs is 1. The molecule has 10 amide bonds. The van der Waals surface area contributed by atoms with Gasteiger partial charge < -0.3 is 90.7 Å². The molecule has 1 aromatic heterocycles. The van der Waals surface area contributed by atoms with Crippen LogP contribution in [-0.2, 0) is 64.0 Å². The summed E-state index contributed by atoms with van der Waals surface area (Å²) in [4.78, 5) is 171. The lowest BCUT2D eigenvalue weighted by Crippen LogP contribution is -2.61. The second kappa shape index (κ2) is 34.5. The number of nitrogens with two attached hydrogens (primary N) is 4. The Balaban J connectivity index is 1.99. The smallest absolute Gasteiger partial charge is 0.328 e. The van der Waals surface area contributed by atoms with Crippen LogP contribution in [0.25, 0.3) is 10.9 Å². The van der Waals surface area contributed by atoms with Crippen LogP contribution >= 0.6 is 0 Å². The number of carboxylic acid groups (broad SMARTS) is 2. The number of rotatable bonds is 36. The van der Waals surface area contributed by atoms with E-state index in [0.717, 1.165) is 6.92 Å². The number of carbonyl (C=O) groups excluding carboxylic acids is 10. The van der Waals surface area contributed by atoms with E-state index in [4.69, 9.17) is 22.9 Å². The molecule has 30 nitrogen and oxygen atoms in total. The number of hydrogen-bond donors (Lipinski definition) is 16. The second-order valence-corrected chi connectivity index (χ2v) is 22.3. The summed E-state index contributed by atoms with van der Waals surface area (Å²) in [5, 5.41) is 50.2. The number of aliphatic hydroxyl groups excluding tert-OH is 1. The Labute approximate surface area is 499 Å². The van der Waals surface area contributed by atoms with Crippen molar-refractivity contribution >= 4 is 87.9 Å². The highest BCUT2D eigenvalue weighted by Crippen LogP contribution is 2.24. The van der Waals surface area contributed by atoms with Crippen LogP contribution in [0.3, 0.4) is 0 Å². The number of amides is 10. The highest BCUT2D eigenvalue weighted by Gasteiger charge is 2.42. The first-order chi connectivity index (χ1) is 40.4. The predicted octanol–water partition coefficient (Wildman–Crippen LogP) is -2.68. The number of likely N-dealkylation sites (tertiary alicyclic amines) is 1. The number of aliphatic carboxylic acids is 2. The van der Waals surface area contributed by atoms with Gasteiger partial charge in [-0.1, -0.05) is 72.6 Å². The minimum atomic E-state index is -1.80. The van der Waals surface area contributed by atoms with Crippen LogP contribution < -0.4 is 65.5 Å². The number of carbonyl (C=O) groups is 12. The van der Waals surface area contributed by atoms with Crippen molar-refractivity contribution in [2.75, 3.05) is 13.1 Å². The first-order valence-corrected chi connectivity index (χ1v) is 28.9. The molecule has 3 rings (SSSR count). The number of hydrogen-bond acceptors (Lipinski definition) is 15. The molecule has 0 spiro atoms. The fourth-order valence-electron chi connectivity index (χ4n) is 9.55. The monoisotopic (exact) mass is 1210 g/mol. The van der Waals surface area contributed by atoms with E-state index in [0.29, 0.717) is 29.3 Å². The van der Waals surface area contributed by atoms with E-state index in [9.17, 15) is 72.9 Å². The molecule has 20 N–H and O–H groups in total. The largest absolute Gasteiger partial charge is 0.481 e. The molecule has 1 aliphatic rings. The van der Waals surface area contributed by atoms with Crippen molar-refractivity contribution in [3.8, 4) is 0 Å². The normalized spacial score (nSPS) is 17.2. The average molecular weight is 1210 g/mol. The van der Waals surface area contributed by atoms with Gasteiger partial charge in [0, 0.05) is 43.0 Å². The Morgan fingerprint density at radius 2 is 1.20 bits per heavy atom. The van der Waals surface area contributed by atoms with E-state index in [-0.39, 0.29) is 69.4 Å². The summed E-state index contributed by atoms with van der Waals surface area (Å²) in [6.45, 7) is 13.0. The van der Waals surface area contributed by atoms with E-state index in [1.165, 1.54) is 11.8 Å². The Bertz CT molecular complexity index is 2750. The zero-order valence-corrected chi connectivity index (χ0v) is 50.1. The van der Waals surface area contributed by atoms with Gasteiger partial charge in [0.25, 0.3) is 0 Å². The molecule has 1 aromatic carbocycles. The summed E-state index contributed by atoms with van der Waals surface area (Å²) in [5.41, 5.74) is 23.7. The first-order valence-electron chi connectivity index (χ1n) is 28.9. The minimum Gasteiger partial charge on any atom is -0.481 e. The van der Waals surface area contributed by atoms with Gasteiger partial charge in [0.1, 0.15) is 48.3 Å². The molecule has 2 heterocycles. The molecule has 478 valence electrons. The van der Waals surface area contributed by atoms with Crippen LogP contribution in [0, 0.1) is 17.8 Å². The van der Waals surface area contributed by atoms with Crippen molar-refractivity contribution in [2.24, 2.45) is 45.7 Å². The number of aliphatic hydroxyl groups is 1. The van der Waals surface area contributed by atoms with Crippen molar-refractivity contribution in [1.82, 2.24) is 52.4 Å². The fourth-order valence-corrected chi connectivity index (χ4v) is 9.55. The summed E-state index contributed by atoms with van der Waals surface area (Å²) in [6.07, 6.45) is -1.11. The fraction of sp³-hybridized carbons (Fsp3) is 0.625. The first kappa shape index (κ1) is 71.9. The number of para-hydroxylation sites is 1. The van der Waals surface area contributed by atoms with Gasteiger partial charge in [-0.2, -0.15) is 0 Å². The SMILES string of the molecule is CC[C@H](C)[C@H](NC(=O)[C@H](CCCN=C(N)N)NC(=O)[C@H](CCC(=O)O)NC(=O)[C@H](CC(C)C)NC(=O)[C@H](CC(N)=O)NC(=O)[C@H](Cc1c[nH]c2ccccc12)NC(=O)[C@@H]1CCCN1C(=O)[C@@H](NC(=O)[C@H](C)N)[C@@H](C)CC)C(=O)N[C@H](C(=O)O)[C@@H](C)O. The van der Waals surface area contributed by atoms with Gasteiger partial charge in [-0.25, -0.2) is 4.79 Å². The van der Waals surface area contributed by atoms with E-state index in [1.807, 2.05) is 6.92 Å². The molecule has 30 heteroatoms. The molecule has 13 atom stereocenters. The van der Waals surface area contributed by atoms with Crippen LogP contribution in [-0.4, -0.2) is 182 Å². The van der Waals surface area contributed by atoms with E-state index in [1.54, 1.807) is 65.1 Å². The number of aliphatic imine (C=N–C) groups is 1. The molecule has 1 aliphatic heterocycles. The van der Waals surface area contributed by atoms with Crippen molar-refractivity contribution in [1.29, 1.82) is 0 Å². The zero-order chi connectivity index (χ0) is 64.7. The van der Waals surface area contributed by atoms with E-state index >= 15 is 0 Å². The Morgan fingerprint density at radius 3 is 1.77 bits per heavy atom. The number of aromatic amines is 1. The van der Waals surface area contributed by atoms with Crippen LogP contribution in [0.4, 0.5) is 0 Å². The molecular formula is C56H89N15O15. The predicted molar refractivity (Wildman–Crippen MR) is 314 cm³/mol. The molecule has 0 aliphatic carbocycles. The van der Waals surface area contributed by atoms with Crippen LogP contribution in [0.5, 0.6) is 0 Å². The number of carboxylic acids is 2. The molecule has 86 heavy (non-hydrogen) atoms. The van der Waals surface area contributed by atoms with Gasteiger partial charge in [0.05, 0.1) is 18.6 Å². The van der Waals surface area contributed by atoms with Gasteiger partial charge in [-0.15, -0.1) is 0 Å². The highest BCUT2D eigenvalue weighted by atomic mass is 16.4. The lowest BCUT2D eigenvalue weighted by atomic mass is 9.96. The number of nitrogens with zero attached hydrogens (tertiary/aromatic N) is 2. The summed E-state index contributed by atoms with van der Waals surface area (Å²) >= 11 is 0. The number of primary amides is 1. The van der Waals surface area contributed by atoms with Gasteiger partial charge in [-0.3, -0.25) is 57.7 Å². The lowest BCUT2D eigenvalue weighted by Gasteiger charge is -2.32. The van der Waals surface area contributed by atoms with Gasteiger partial charge in [0.15, 0.2) is 12.0 Å². The topological polar surface area (TPSA) is 497 Å². The summed E-state index contributed by atoms with van der Waals surface area (Å²) in [6, 6.07) is -7.18. The summed E-state index contributed by atoms with van der Waals surface area (Å²) in [7, 11) is 0. The van der Waals surface area contributed by atoms with E-state index < -0.39 is 163 Å². The van der Waals surface area contributed by atoms with E-state index in [2.05, 4.69) is 52.5 Å². The maximum absolute atomic E-state index is 14.6. The lowest BCUT2D eigenvalue weighted by molar-refractivity contribution is -0.145. The number of guanidine groups is 1. The summed E-state index contributed by atoms with van der Waals surface area (Å²) < 4.78 is 0. The third-order valence-electron chi connectivity index (χ3n) is 14.8.